The SMILES string of the molecule is CC[Si](CC)(CC)O[C@@H](/C=C/C=C/Br)CC(=O)/C=C/CCCCCC(=O)OC. The second-order valence-corrected chi connectivity index (χ2v) is 12.1. The van der Waals surface area contributed by atoms with Crippen molar-refractivity contribution in [1.82, 2.24) is 0 Å². The van der Waals surface area contributed by atoms with E-state index in [0.29, 0.717) is 12.8 Å². The molecule has 1 atom stereocenters. The van der Waals surface area contributed by atoms with Gasteiger partial charge in [-0.1, -0.05) is 67.4 Å². The van der Waals surface area contributed by atoms with E-state index in [0.717, 1.165) is 43.8 Å². The van der Waals surface area contributed by atoms with Crippen molar-refractivity contribution in [3.63, 3.8) is 0 Å². The highest BCUT2D eigenvalue weighted by Crippen LogP contribution is 2.25. The fourth-order valence-electron chi connectivity index (χ4n) is 2.99. The van der Waals surface area contributed by atoms with Gasteiger partial charge in [0.25, 0.3) is 0 Å². The molecule has 0 radical (unpaired) electrons. The van der Waals surface area contributed by atoms with Crippen molar-refractivity contribution in [3.05, 3.63) is 35.4 Å². The molecule has 0 aliphatic rings. The van der Waals surface area contributed by atoms with Gasteiger partial charge in [-0.3, -0.25) is 9.59 Å². The van der Waals surface area contributed by atoms with E-state index in [1.807, 2.05) is 24.3 Å². The van der Waals surface area contributed by atoms with E-state index in [-0.39, 0.29) is 17.9 Å². The zero-order valence-corrected chi connectivity index (χ0v) is 20.5. The highest BCUT2D eigenvalue weighted by atomic mass is 79.9. The van der Waals surface area contributed by atoms with Gasteiger partial charge in [-0.2, -0.15) is 0 Å². The summed E-state index contributed by atoms with van der Waals surface area (Å²) < 4.78 is 11.1. The summed E-state index contributed by atoms with van der Waals surface area (Å²) in [4.78, 5) is 25.2. The van der Waals surface area contributed by atoms with Gasteiger partial charge in [0.15, 0.2) is 14.1 Å². The first kappa shape index (κ1) is 27.0. The van der Waals surface area contributed by atoms with Gasteiger partial charge in [0, 0.05) is 12.8 Å². The summed E-state index contributed by atoms with van der Waals surface area (Å²) in [5, 5.41) is 0. The fraction of sp³-hybridized carbons (Fsp3) is 0.636. The topological polar surface area (TPSA) is 52.6 Å². The Balaban J connectivity index is 4.56. The second-order valence-electron chi connectivity index (χ2n) is 6.85. The molecule has 0 aliphatic carbocycles. The van der Waals surface area contributed by atoms with Crippen molar-refractivity contribution in [3.8, 4) is 0 Å². The van der Waals surface area contributed by atoms with Gasteiger partial charge in [-0.25, -0.2) is 0 Å². The molecule has 0 aromatic rings. The Morgan fingerprint density at radius 2 is 1.71 bits per heavy atom. The Morgan fingerprint density at radius 3 is 2.29 bits per heavy atom. The Labute approximate surface area is 180 Å². The Hall–Kier alpha value is -0.983. The average Bonchev–Trinajstić information content (AvgIpc) is 2.71. The van der Waals surface area contributed by atoms with Crippen molar-refractivity contribution in [1.29, 1.82) is 0 Å². The van der Waals surface area contributed by atoms with E-state index >= 15 is 0 Å². The predicted octanol–water partition coefficient (Wildman–Crippen LogP) is 6.48. The van der Waals surface area contributed by atoms with E-state index in [1.165, 1.54) is 7.11 Å². The number of ketones is 1. The lowest BCUT2D eigenvalue weighted by Crippen LogP contribution is -2.40. The average molecular weight is 474 g/mol. The first-order valence-corrected chi connectivity index (χ1v) is 13.8. The summed E-state index contributed by atoms with van der Waals surface area (Å²) in [7, 11) is -0.364. The molecule has 0 N–H and O–H groups in total. The number of methoxy groups -OCH3 is 1. The number of ether oxygens (including phenoxy) is 1. The minimum Gasteiger partial charge on any atom is -0.469 e. The molecule has 0 rings (SSSR count). The largest absolute Gasteiger partial charge is 0.469 e. The molecule has 0 amide bonds. The molecule has 0 unspecified atom stereocenters. The maximum Gasteiger partial charge on any atom is 0.305 e. The van der Waals surface area contributed by atoms with Gasteiger partial charge in [-0.05, 0) is 48.5 Å². The predicted molar refractivity (Wildman–Crippen MR) is 123 cm³/mol. The lowest BCUT2D eigenvalue weighted by Gasteiger charge is -2.31. The molecule has 160 valence electrons. The number of allylic oxidation sites excluding steroid dienone is 4. The monoisotopic (exact) mass is 472 g/mol. The second kappa shape index (κ2) is 16.9. The minimum absolute atomic E-state index is 0.0956. The van der Waals surface area contributed by atoms with Crippen LogP contribution in [0.4, 0.5) is 0 Å². The van der Waals surface area contributed by atoms with E-state index in [2.05, 4.69) is 41.4 Å². The van der Waals surface area contributed by atoms with Crippen molar-refractivity contribution < 1.29 is 18.8 Å². The lowest BCUT2D eigenvalue weighted by atomic mass is 10.1. The van der Waals surface area contributed by atoms with Crippen LogP contribution in [0.2, 0.25) is 18.1 Å². The smallest absolute Gasteiger partial charge is 0.305 e. The van der Waals surface area contributed by atoms with Crippen LogP contribution >= 0.6 is 15.9 Å². The quantitative estimate of drug-likeness (QED) is 0.0846. The number of carbonyl (C=O) groups is 2. The maximum atomic E-state index is 12.4. The highest BCUT2D eigenvalue weighted by Gasteiger charge is 2.31. The summed E-state index contributed by atoms with van der Waals surface area (Å²) in [5.41, 5.74) is 0. The molecule has 0 aliphatic heterocycles. The van der Waals surface area contributed by atoms with E-state index in [9.17, 15) is 9.59 Å². The van der Waals surface area contributed by atoms with Crippen LogP contribution in [0.3, 0.4) is 0 Å². The number of unbranched alkanes of at least 4 members (excludes halogenated alkanes) is 3. The highest BCUT2D eigenvalue weighted by molar-refractivity contribution is 9.11. The van der Waals surface area contributed by atoms with E-state index in [4.69, 9.17) is 4.43 Å². The summed E-state index contributed by atoms with van der Waals surface area (Å²) in [6.45, 7) is 6.58. The summed E-state index contributed by atoms with van der Waals surface area (Å²) in [6.07, 6.45) is 13.7. The summed E-state index contributed by atoms with van der Waals surface area (Å²) in [5.74, 6) is -0.0660. The molecule has 0 fully saturated rings. The standard InChI is InChI=1S/C22H37BrO4Si/c1-5-28(6-2,7-3)27-21(16-13-14-18-23)19-20(24)15-11-9-8-10-12-17-22(25)26-4/h11,13-16,18,21H,5-10,12,17,19H2,1-4H3/b15-11+,16-13+,18-14+/t21-/m0/s1. The fourth-order valence-corrected chi connectivity index (χ4v) is 5.97. The molecular formula is C22H37BrO4Si. The first-order chi connectivity index (χ1) is 13.5. The van der Waals surface area contributed by atoms with Gasteiger partial charge in [-0.15, -0.1) is 0 Å². The summed E-state index contributed by atoms with van der Waals surface area (Å²) in [6, 6.07) is 3.19. The van der Waals surface area contributed by atoms with Crippen LogP contribution in [0.1, 0.15) is 59.3 Å². The van der Waals surface area contributed by atoms with Gasteiger partial charge >= 0.3 is 5.97 Å². The minimum atomic E-state index is -1.77. The van der Waals surface area contributed by atoms with E-state index < -0.39 is 8.32 Å². The molecule has 0 spiro atoms. The number of halogens is 1. The molecule has 0 aromatic carbocycles. The third-order valence-electron chi connectivity index (χ3n) is 5.03. The van der Waals surface area contributed by atoms with E-state index in [1.54, 1.807) is 11.1 Å². The summed E-state index contributed by atoms with van der Waals surface area (Å²) >= 11 is 3.26. The Morgan fingerprint density at radius 1 is 1.04 bits per heavy atom. The molecule has 0 aromatic heterocycles. The molecular weight excluding hydrogens is 436 g/mol. The van der Waals surface area contributed by atoms with Crippen LogP contribution in [0.15, 0.2) is 35.4 Å². The van der Waals surface area contributed by atoms with Gasteiger partial charge in [0.05, 0.1) is 13.2 Å². The Kier molecular flexibility index (Phi) is 16.3. The normalized spacial score (nSPS) is 13.6. The molecule has 6 heteroatoms. The Bertz CT molecular complexity index is 516. The van der Waals surface area contributed by atoms with Gasteiger partial charge < -0.3 is 9.16 Å². The first-order valence-electron chi connectivity index (χ1n) is 10.3. The van der Waals surface area contributed by atoms with Crippen molar-refractivity contribution in [2.75, 3.05) is 7.11 Å². The van der Waals surface area contributed by atoms with Crippen molar-refractivity contribution in [2.45, 2.75) is 83.5 Å². The molecule has 4 nitrogen and oxygen atoms in total. The van der Waals surface area contributed by atoms with Crippen LogP contribution in [-0.2, 0) is 18.8 Å². The molecule has 0 heterocycles. The van der Waals surface area contributed by atoms with Crippen molar-refractivity contribution >= 4 is 36.0 Å². The van der Waals surface area contributed by atoms with Gasteiger partial charge in [0.1, 0.15) is 0 Å². The van der Waals surface area contributed by atoms with Crippen LogP contribution in [0.5, 0.6) is 0 Å². The molecule has 28 heavy (non-hydrogen) atoms. The van der Waals surface area contributed by atoms with Crippen LogP contribution in [0, 0.1) is 0 Å². The number of carbonyl (C=O) groups excluding carboxylic acids is 2. The number of hydrogen-bond donors (Lipinski definition) is 0. The molecule has 0 bridgehead atoms. The van der Waals surface area contributed by atoms with Crippen LogP contribution < -0.4 is 0 Å². The van der Waals surface area contributed by atoms with Crippen molar-refractivity contribution in [2.24, 2.45) is 0 Å². The van der Waals surface area contributed by atoms with Crippen LogP contribution in [0.25, 0.3) is 0 Å². The molecule has 0 saturated carbocycles. The van der Waals surface area contributed by atoms with Crippen LogP contribution in [-0.4, -0.2) is 33.3 Å². The lowest BCUT2D eigenvalue weighted by molar-refractivity contribution is -0.140. The molecule has 0 saturated heterocycles. The third-order valence-corrected chi connectivity index (χ3v) is 10.0. The number of hydrogen-bond acceptors (Lipinski definition) is 4. The number of rotatable bonds is 16. The zero-order chi connectivity index (χ0) is 21.3. The third kappa shape index (κ3) is 12.5. The van der Waals surface area contributed by atoms with Gasteiger partial charge in [0.2, 0.25) is 0 Å². The number of esters is 1. The zero-order valence-electron chi connectivity index (χ0n) is 17.9. The maximum absolute atomic E-state index is 12.4.